The van der Waals surface area contributed by atoms with Gasteiger partial charge in [-0.2, -0.15) is 13.2 Å². The van der Waals surface area contributed by atoms with Gasteiger partial charge in [0.2, 0.25) is 11.6 Å². The van der Waals surface area contributed by atoms with E-state index in [9.17, 15) is 32.3 Å². The van der Waals surface area contributed by atoms with Crippen molar-refractivity contribution in [3.8, 4) is 0 Å². The second kappa shape index (κ2) is 8.77. The molecule has 2 saturated carbocycles. The SMILES string of the molecule is CC(F)(c1ccc2c(c1)CCC1N(C(=O)C3CC4(CC(C(=O)O)C4)C3)CCC21Cc1ccccn1)C(F)(F)F. The van der Waals surface area contributed by atoms with Crippen molar-refractivity contribution >= 4 is 11.9 Å². The van der Waals surface area contributed by atoms with Crippen LogP contribution in [0.15, 0.2) is 42.6 Å². The molecule has 3 aliphatic carbocycles. The number of amides is 1. The van der Waals surface area contributed by atoms with Crippen molar-refractivity contribution in [2.45, 2.75) is 81.6 Å². The van der Waals surface area contributed by atoms with Crippen LogP contribution in [0.4, 0.5) is 17.6 Å². The molecular formula is C30H32F4N2O3. The van der Waals surface area contributed by atoms with E-state index in [-0.39, 0.29) is 29.2 Å². The zero-order chi connectivity index (χ0) is 27.8. The highest BCUT2D eigenvalue weighted by atomic mass is 19.4. The smallest absolute Gasteiger partial charge is 0.426 e. The van der Waals surface area contributed by atoms with Gasteiger partial charge in [-0.3, -0.25) is 14.6 Å². The highest BCUT2D eigenvalue weighted by molar-refractivity contribution is 5.82. The molecule has 5 nitrogen and oxygen atoms in total. The standard InChI is InChI=1S/C30H32F4N2O3/c1-27(31,30(32,33)34)21-6-7-23-18(12-21)5-8-24-29(23,17-22-4-2-3-10-35-22)9-11-36(24)25(37)19-13-28(14-19)15-20(16-28)26(38)39/h2-4,6-7,10,12,19-20,24H,5,8-9,11,13-17H2,1H3,(H,38,39). The summed E-state index contributed by atoms with van der Waals surface area (Å²) in [6.07, 6.45) is 1.64. The van der Waals surface area contributed by atoms with Crippen LogP contribution in [-0.2, 0) is 33.5 Å². The molecule has 1 aromatic carbocycles. The number of pyridine rings is 1. The van der Waals surface area contributed by atoms with Gasteiger partial charge in [-0.15, -0.1) is 0 Å². The Morgan fingerprint density at radius 1 is 1.08 bits per heavy atom. The average Bonchev–Trinajstić information content (AvgIpc) is 3.21. The van der Waals surface area contributed by atoms with Gasteiger partial charge in [-0.1, -0.05) is 24.3 Å². The first kappa shape index (κ1) is 26.3. The summed E-state index contributed by atoms with van der Waals surface area (Å²) in [7, 11) is 0. The van der Waals surface area contributed by atoms with Crippen LogP contribution in [0.25, 0.3) is 0 Å². The summed E-state index contributed by atoms with van der Waals surface area (Å²) >= 11 is 0. The fraction of sp³-hybridized carbons (Fsp3) is 0.567. The summed E-state index contributed by atoms with van der Waals surface area (Å²) in [5.41, 5.74) is -1.95. The minimum Gasteiger partial charge on any atom is -0.481 e. The lowest BCUT2D eigenvalue weighted by Crippen LogP contribution is -2.56. The van der Waals surface area contributed by atoms with Crippen molar-refractivity contribution in [3.63, 3.8) is 0 Å². The maximum absolute atomic E-state index is 14.9. The fourth-order valence-electron chi connectivity index (χ4n) is 8.00. The number of benzene rings is 1. The van der Waals surface area contributed by atoms with Crippen molar-refractivity contribution in [1.82, 2.24) is 9.88 Å². The molecule has 0 bridgehead atoms. The number of carboxylic acids is 1. The summed E-state index contributed by atoms with van der Waals surface area (Å²) in [5, 5.41) is 9.24. The van der Waals surface area contributed by atoms with E-state index in [2.05, 4.69) is 4.98 Å². The Kier molecular flexibility index (Phi) is 5.90. The van der Waals surface area contributed by atoms with Crippen LogP contribution in [-0.4, -0.2) is 45.6 Å². The van der Waals surface area contributed by atoms with Gasteiger partial charge in [-0.05, 0) is 86.1 Å². The van der Waals surface area contributed by atoms with E-state index in [4.69, 9.17) is 0 Å². The van der Waals surface area contributed by atoms with Gasteiger partial charge in [0.05, 0.1) is 5.92 Å². The van der Waals surface area contributed by atoms with E-state index >= 15 is 0 Å². The third-order valence-corrected chi connectivity index (χ3v) is 10.1. The summed E-state index contributed by atoms with van der Waals surface area (Å²) in [4.78, 5) is 31.5. The lowest BCUT2D eigenvalue weighted by molar-refractivity contribution is -0.228. The molecule has 1 spiro atoms. The number of carboxylic acid groups (broad SMARTS) is 1. The quantitative estimate of drug-likeness (QED) is 0.487. The summed E-state index contributed by atoms with van der Waals surface area (Å²) < 4.78 is 55.3. The molecule has 2 aromatic rings. The second-order valence-corrected chi connectivity index (χ2v) is 12.4. The van der Waals surface area contributed by atoms with Gasteiger partial charge in [0.1, 0.15) is 0 Å². The maximum atomic E-state index is 14.9. The fourth-order valence-corrected chi connectivity index (χ4v) is 8.00. The minimum atomic E-state index is -5.02. The summed E-state index contributed by atoms with van der Waals surface area (Å²) in [6, 6.07) is 9.79. The molecule has 208 valence electrons. The Morgan fingerprint density at radius 3 is 2.44 bits per heavy atom. The molecular weight excluding hydrogens is 512 g/mol. The van der Waals surface area contributed by atoms with Crippen LogP contribution in [0, 0.1) is 17.3 Å². The Balaban J connectivity index is 1.29. The van der Waals surface area contributed by atoms with Crippen LogP contribution in [0.2, 0.25) is 0 Å². The molecule has 1 saturated heterocycles. The van der Waals surface area contributed by atoms with Crippen LogP contribution < -0.4 is 0 Å². The van der Waals surface area contributed by atoms with Crippen molar-refractivity contribution in [3.05, 3.63) is 65.0 Å². The summed E-state index contributed by atoms with van der Waals surface area (Å²) in [6.45, 7) is 1.11. The number of rotatable bonds is 5. The number of carbonyl (C=O) groups excluding carboxylic acids is 1. The Morgan fingerprint density at radius 2 is 1.79 bits per heavy atom. The predicted molar refractivity (Wildman–Crippen MR) is 135 cm³/mol. The molecule has 3 unspecified atom stereocenters. The van der Waals surface area contributed by atoms with Gasteiger partial charge in [0, 0.05) is 42.2 Å². The molecule has 2 heterocycles. The molecule has 3 fully saturated rings. The maximum Gasteiger partial charge on any atom is 0.426 e. The Bertz CT molecular complexity index is 1300. The normalized spacial score (nSPS) is 32.9. The van der Waals surface area contributed by atoms with E-state index in [1.807, 2.05) is 23.1 Å². The largest absolute Gasteiger partial charge is 0.481 e. The number of alkyl halides is 4. The van der Waals surface area contributed by atoms with Crippen molar-refractivity contribution in [1.29, 1.82) is 0 Å². The average molecular weight is 545 g/mol. The van der Waals surface area contributed by atoms with E-state index in [0.717, 1.165) is 24.1 Å². The van der Waals surface area contributed by atoms with E-state index in [1.54, 1.807) is 12.3 Å². The molecule has 1 amide bonds. The number of aliphatic carboxylic acids is 1. The number of likely N-dealkylation sites (tertiary alicyclic amines) is 1. The number of hydrogen-bond acceptors (Lipinski definition) is 3. The van der Waals surface area contributed by atoms with Gasteiger partial charge in [0.25, 0.3) is 0 Å². The number of aromatic nitrogens is 1. The monoisotopic (exact) mass is 544 g/mol. The lowest BCUT2D eigenvalue weighted by atomic mass is 9.48. The highest BCUT2D eigenvalue weighted by Crippen LogP contribution is 2.62. The van der Waals surface area contributed by atoms with E-state index in [0.29, 0.717) is 57.6 Å². The third-order valence-electron chi connectivity index (χ3n) is 10.1. The Labute approximate surface area is 224 Å². The number of fused-ring (bicyclic) bond motifs is 3. The first-order chi connectivity index (χ1) is 18.4. The van der Waals surface area contributed by atoms with Gasteiger partial charge >= 0.3 is 12.1 Å². The van der Waals surface area contributed by atoms with Crippen molar-refractivity contribution in [2.24, 2.45) is 17.3 Å². The second-order valence-electron chi connectivity index (χ2n) is 12.4. The molecule has 4 aliphatic rings. The topological polar surface area (TPSA) is 70.5 Å². The first-order valence-electron chi connectivity index (χ1n) is 13.7. The molecule has 9 heteroatoms. The van der Waals surface area contributed by atoms with E-state index in [1.165, 1.54) is 12.1 Å². The zero-order valence-electron chi connectivity index (χ0n) is 21.8. The van der Waals surface area contributed by atoms with Crippen LogP contribution in [0.3, 0.4) is 0 Å². The van der Waals surface area contributed by atoms with Crippen LogP contribution >= 0.6 is 0 Å². The van der Waals surface area contributed by atoms with Gasteiger partial charge in [0.15, 0.2) is 0 Å². The van der Waals surface area contributed by atoms with Gasteiger partial charge in [-0.25, -0.2) is 4.39 Å². The summed E-state index contributed by atoms with van der Waals surface area (Å²) in [5.74, 6) is -1.09. The van der Waals surface area contributed by atoms with Crippen molar-refractivity contribution in [2.75, 3.05) is 6.54 Å². The Hall–Kier alpha value is -2.97. The van der Waals surface area contributed by atoms with Crippen molar-refractivity contribution < 1.29 is 32.3 Å². The molecule has 3 atom stereocenters. The minimum absolute atomic E-state index is 0.0127. The number of halogens is 4. The van der Waals surface area contributed by atoms with Crippen LogP contribution in [0.5, 0.6) is 0 Å². The number of aryl methyl sites for hydroxylation is 1. The first-order valence-corrected chi connectivity index (χ1v) is 13.7. The molecule has 39 heavy (non-hydrogen) atoms. The molecule has 1 N–H and O–H groups in total. The number of carbonyl (C=O) groups is 2. The third kappa shape index (κ3) is 4.06. The van der Waals surface area contributed by atoms with Crippen LogP contribution in [0.1, 0.15) is 67.8 Å². The number of nitrogens with zero attached hydrogens (tertiary/aromatic N) is 2. The molecule has 6 rings (SSSR count). The predicted octanol–water partition coefficient (Wildman–Crippen LogP) is 5.75. The molecule has 0 radical (unpaired) electrons. The lowest BCUT2D eigenvalue weighted by Gasteiger charge is -2.57. The number of hydrogen-bond donors (Lipinski definition) is 1. The van der Waals surface area contributed by atoms with E-state index < -0.39 is 28.8 Å². The molecule has 1 aliphatic heterocycles. The van der Waals surface area contributed by atoms with Gasteiger partial charge < -0.3 is 10.0 Å². The highest BCUT2D eigenvalue weighted by Gasteiger charge is 2.60. The zero-order valence-corrected chi connectivity index (χ0v) is 21.8. The molecule has 1 aromatic heterocycles.